The van der Waals surface area contributed by atoms with Crippen molar-refractivity contribution in [1.29, 1.82) is 0 Å². The van der Waals surface area contributed by atoms with Gasteiger partial charge in [-0.1, -0.05) is 6.07 Å². The summed E-state index contributed by atoms with van der Waals surface area (Å²) < 4.78 is 0. The summed E-state index contributed by atoms with van der Waals surface area (Å²) in [6, 6.07) is 7.50. The van der Waals surface area contributed by atoms with Gasteiger partial charge in [0.25, 0.3) is 0 Å². The number of nitrogens with one attached hydrogen (secondary N) is 2. The third-order valence-electron chi connectivity index (χ3n) is 2.25. The molecule has 0 radical (unpaired) electrons. The van der Waals surface area contributed by atoms with Gasteiger partial charge in [0.15, 0.2) is 0 Å². The number of hydrogen-bond acceptors (Lipinski definition) is 3. The van der Waals surface area contributed by atoms with Crippen LogP contribution < -0.4 is 10.6 Å². The van der Waals surface area contributed by atoms with E-state index >= 15 is 0 Å². The molecule has 0 spiro atoms. The van der Waals surface area contributed by atoms with Crippen molar-refractivity contribution < 1.29 is 9.90 Å². The Morgan fingerprint density at radius 3 is 2.59 bits per heavy atom. The lowest BCUT2D eigenvalue weighted by Gasteiger charge is -2.17. The van der Waals surface area contributed by atoms with E-state index in [1.807, 2.05) is 24.3 Å². The van der Waals surface area contributed by atoms with Gasteiger partial charge in [-0.2, -0.15) is 0 Å². The van der Waals surface area contributed by atoms with Gasteiger partial charge in [-0.25, -0.2) is 0 Å². The Morgan fingerprint density at radius 2 is 2.00 bits per heavy atom. The molecule has 1 aromatic rings. The second-order valence-electron chi connectivity index (χ2n) is 4.75. The molecule has 0 aliphatic carbocycles. The molecule has 4 nitrogen and oxygen atoms in total. The van der Waals surface area contributed by atoms with Gasteiger partial charge in [-0.05, 0) is 38.5 Å². The van der Waals surface area contributed by atoms with Gasteiger partial charge in [0.2, 0.25) is 5.91 Å². The van der Waals surface area contributed by atoms with Crippen LogP contribution in [0.3, 0.4) is 0 Å². The van der Waals surface area contributed by atoms with Crippen LogP contribution in [0.2, 0.25) is 0 Å². The molecule has 4 heteroatoms. The van der Waals surface area contributed by atoms with Crippen LogP contribution in [0.15, 0.2) is 24.3 Å². The van der Waals surface area contributed by atoms with E-state index in [2.05, 4.69) is 10.6 Å². The average Bonchev–Trinajstić information content (AvgIpc) is 2.15. The zero-order valence-corrected chi connectivity index (χ0v) is 10.6. The monoisotopic (exact) mass is 236 g/mol. The number of benzene rings is 1. The minimum atomic E-state index is -0.664. The smallest absolute Gasteiger partial charge is 0.221 e. The predicted octanol–water partition coefficient (Wildman–Crippen LogP) is 2.22. The van der Waals surface area contributed by atoms with Crippen molar-refractivity contribution in [2.45, 2.75) is 32.8 Å². The number of hydrogen-bond donors (Lipinski definition) is 3. The number of aliphatic hydroxyl groups is 1. The first-order valence-electron chi connectivity index (χ1n) is 5.71. The molecular weight excluding hydrogens is 216 g/mol. The zero-order chi connectivity index (χ0) is 12.9. The van der Waals surface area contributed by atoms with E-state index in [4.69, 9.17) is 0 Å². The van der Waals surface area contributed by atoms with Crippen molar-refractivity contribution >= 4 is 17.3 Å². The molecule has 0 aliphatic rings. The van der Waals surface area contributed by atoms with Crippen molar-refractivity contribution in [2.75, 3.05) is 17.2 Å². The Hall–Kier alpha value is -1.55. The summed E-state index contributed by atoms with van der Waals surface area (Å²) in [4.78, 5) is 10.9. The van der Waals surface area contributed by atoms with E-state index in [-0.39, 0.29) is 5.91 Å². The number of anilines is 2. The molecule has 94 valence electrons. The Morgan fingerprint density at radius 1 is 1.35 bits per heavy atom. The lowest BCUT2D eigenvalue weighted by atomic mass is 10.1. The zero-order valence-electron chi connectivity index (χ0n) is 10.6. The highest BCUT2D eigenvalue weighted by molar-refractivity contribution is 5.89. The molecule has 0 saturated heterocycles. The highest BCUT2D eigenvalue weighted by Crippen LogP contribution is 2.16. The molecule has 1 amide bonds. The van der Waals surface area contributed by atoms with E-state index in [1.54, 1.807) is 13.8 Å². The second kappa shape index (κ2) is 5.68. The fourth-order valence-corrected chi connectivity index (χ4v) is 1.42. The first kappa shape index (κ1) is 13.5. The minimum Gasteiger partial charge on any atom is -0.390 e. The van der Waals surface area contributed by atoms with Crippen molar-refractivity contribution in [3.63, 3.8) is 0 Å². The first-order chi connectivity index (χ1) is 7.87. The van der Waals surface area contributed by atoms with Crippen molar-refractivity contribution in [2.24, 2.45) is 0 Å². The van der Waals surface area contributed by atoms with Gasteiger partial charge in [0.1, 0.15) is 0 Å². The van der Waals surface area contributed by atoms with Gasteiger partial charge in [-0.15, -0.1) is 0 Å². The normalized spacial score (nSPS) is 11.1. The third-order valence-corrected chi connectivity index (χ3v) is 2.25. The van der Waals surface area contributed by atoms with E-state index in [9.17, 15) is 9.90 Å². The Balaban J connectivity index is 2.51. The highest BCUT2D eigenvalue weighted by Gasteiger charge is 2.11. The molecule has 1 rings (SSSR count). The minimum absolute atomic E-state index is 0.0846. The lowest BCUT2D eigenvalue weighted by Crippen LogP contribution is -2.22. The van der Waals surface area contributed by atoms with Crippen LogP contribution >= 0.6 is 0 Å². The molecule has 0 aromatic heterocycles. The number of amides is 1. The maximum atomic E-state index is 10.9. The standard InChI is InChI=1S/C13H20N2O2/c1-10(16)15-12-6-4-5-11(9-12)14-8-7-13(2,3)17/h4-6,9,14,17H,7-8H2,1-3H3,(H,15,16). The summed E-state index contributed by atoms with van der Waals surface area (Å²) in [7, 11) is 0. The molecule has 0 heterocycles. The quantitative estimate of drug-likeness (QED) is 0.734. The summed E-state index contributed by atoms with van der Waals surface area (Å²) in [6.45, 7) is 5.73. The summed E-state index contributed by atoms with van der Waals surface area (Å²) in [5.74, 6) is -0.0846. The lowest BCUT2D eigenvalue weighted by molar-refractivity contribution is -0.114. The average molecular weight is 236 g/mol. The largest absolute Gasteiger partial charge is 0.390 e. The molecule has 1 aromatic carbocycles. The van der Waals surface area contributed by atoms with Gasteiger partial charge in [0.05, 0.1) is 5.60 Å². The Bertz CT molecular complexity index is 383. The van der Waals surface area contributed by atoms with Crippen molar-refractivity contribution in [3.05, 3.63) is 24.3 Å². The van der Waals surface area contributed by atoms with Crippen LogP contribution in [-0.2, 0) is 4.79 Å². The summed E-state index contributed by atoms with van der Waals surface area (Å²) in [6.07, 6.45) is 0.664. The van der Waals surface area contributed by atoms with Gasteiger partial charge >= 0.3 is 0 Å². The van der Waals surface area contributed by atoms with E-state index in [1.165, 1.54) is 6.92 Å². The maximum absolute atomic E-state index is 10.9. The summed E-state index contributed by atoms with van der Waals surface area (Å²) >= 11 is 0. The van der Waals surface area contributed by atoms with Crippen LogP contribution in [-0.4, -0.2) is 23.2 Å². The van der Waals surface area contributed by atoms with Crippen molar-refractivity contribution in [3.8, 4) is 0 Å². The van der Waals surface area contributed by atoms with Crippen LogP contribution in [0.25, 0.3) is 0 Å². The van der Waals surface area contributed by atoms with Crippen molar-refractivity contribution in [1.82, 2.24) is 0 Å². The molecule has 3 N–H and O–H groups in total. The molecule has 0 atom stereocenters. The topological polar surface area (TPSA) is 61.4 Å². The Kier molecular flexibility index (Phi) is 4.52. The van der Waals surface area contributed by atoms with E-state index in [0.29, 0.717) is 13.0 Å². The highest BCUT2D eigenvalue weighted by atomic mass is 16.3. The molecular formula is C13H20N2O2. The van der Waals surface area contributed by atoms with Crippen LogP contribution in [0, 0.1) is 0 Å². The number of carbonyl (C=O) groups is 1. The molecule has 17 heavy (non-hydrogen) atoms. The molecule has 0 aliphatic heterocycles. The fourth-order valence-electron chi connectivity index (χ4n) is 1.42. The van der Waals surface area contributed by atoms with Gasteiger partial charge in [-0.3, -0.25) is 4.79 Å². The third kappa shape index (κ3) is 5.92. The number of rotatable bonds is 5. The fraction of sp³-hybridized carbons (Fsp3) is 0.462. The number of carbonyl (C=O) groups excluding carboxylic acids is 1. The van der Waals surface area contributed by atoms with Crippen LogP contribution in [0.1, 0.15) is 27.2 Å². The van der Waals surface area contributed by atoms with E-state index in [0.717, 1.165) is 11.4 Å². The predicted molar refractivity (Wildman–Crippen MR) is 70.2 cm³/mol. The SMILES string of the molecule is CC(=O)Nc1cccc(NCCC(C)(C)O)c1. The second-order valence-corrected chi connectivity index (χ2v) is 4.75. The molecule has 0 unspecified atom stereocenters. The molecule has 0 bridgehead atoms. The van der Waals surface area contributed by atoms with Crippen LogP contribution in [0.5, 0.6) is 0 Å². The van der Waals surface area contributed by atoms with E-state index < -0.39 is 5.60 Å². The van der Waals surface area contributed by atoms with Crippen LogP contribution in [0.4, 0.5) is 11.4 Å². The maximum Gasteiger partial charge on any atom is 0.221 e. The van der Waals surface area contributed by atoms with Gasteiger partial charge in [0, 0.05) is 24.8 Å². The molecule has 0 saturated carbocycles. The Labute approximate surface area is 102 Å². The summed E-state index contributed by atoms with van der Waals surface area (Å²) in [5.41, 5.74) is 1.04. The van der Waals surface area contributed by atoms with Gasteiger partial charge < -0.3 is 15.7 Å². The molecule has 0 fully saturated rings. The first-order valence-corrected chi connectivity index (χ1v) is 5.71. The summed E-state index contributed by atoms with van der Waals surface area (Å²) in [5, 5.41) is 15.5.